The molecule has 2 N–H and O–H groups in total. The normalized spacial score (nSPS) is 20.1. The van der Waals surface area contributed by atoms with Gasteiger partial charge in [-0.05, 0) is 25.8 Å². The maximum absolute atomic E-state index is 12.3. The summed E-state index contributed by atoms with van der Waals surface area (Å²) in [5, 5.41) is 16.8. The van der Waals surface area contributed by atoms with E-state index in [2.05, 4.69) is 15.4 Å². The average molecular weight is 303 g/mol. The number of aliphatic hydroxyl groups is 1. The van der Waals surface area contributed by atoms with E-state index in [0.29, 0.717) is 13.1 Å². The molecule has 1 fully saturated rings. The Hall–Kier alpha value is -2.15. The first-order chi connectivity index (χ1) is 10.6. The molecule has 2 atom stereocenters. The molecule has 22 heavy (non-hydrogen) atoms. The molecule has 2 aromatic rings. The summed E-state index contributed by atoms with van der Waals surface area (Å²) in [6.07, 6.45) is 4.93. The first kappa shape index (κ1) is 14.8. The predicted octanol–water partition coefficient (Wildman–Crippen LogP) is 1.03. The van der Waals surface area contributed by atoms with Crippen molar-refractivity contribution in [3.05, 3.63) is 30.2 Å². The first-order valence-corrected chi connectivity index (χ1v) is 7.63. The van der Waals surface area contributed by atoms with E-state index < -0.39 is 0 Å². The number of carbonyl (C=O) groups excluding carboxylic acids is 1. The lowest BCUT2D eigenvalue weighted by Crippen LogP contribution is -2.47. The Balaban J connectivity index is 1.61. The molecule has 7 nitrogen and oxygen atoms in total. The lowest BCUT2D eigenvalue weighted by atomic mass is 9.94. The van der Waals surface area contributed by atoms with Crippen LogP contribution in [0.15, 0.2) is 24.5 Å². The minimum Gasteiger partial charge on any atom is -0.393 e. The van der Waals surface area contributed by atoms with Gasteiger partial charge in [0.25, 0.3) is 0 Å². The van der Waals surface area contributed by atoms with Crippen LogP contribution in [0, 0.1) is 5.92 Å². The van der Waals surface area contributed by atoms with E-state index in [4.69, 9.17) is 0 Å². The van der Waals surface area contributed by atoms with Crippen LogP contribution >= 0.6 is 0 Å². The van der Waals surface area contributed by atoms with Crippen LogP contribution in [-0.2, 0) is 6.54 Å². The van der Waals surface area contributed by atoms with Crippen LogP contribution in [0.1, 0.15) is 25.5 Å². The molecule has 0 aromatic carbocycles. The molecule has 0 bridgehead atoms. The molecule has 2 amide bonds. The third-order valence-electron chi connectivity index (χ3n) is 4.22. The fourth-order valence-corrected chi connectivity index (χ4v) is 2.89. The number of aromatic nitrogens is 3. The summed E-state index contributed by atoms with van der Waals surface area (Å²) in [7, 11) is 0. The number of piperidine rings is 1. The summed E-state index contributed by atoms with van der Waals surface area (Å²) >= 11 is 0. The summed E-state index contributed by atoms with van der Waals surface area (Å²) in [6, 6.07) is 3.57. The van der Waals surface area contributed by atoms with Gasteiger partial charge in [0.05, 0.1) is 24.5 Å². The number of fused-ring (bicyclic) bond motifs is 1. The summed E-state index contributed by atoms with van der Waals surface area (Å²) in [5.41, 5.74) is 1.64. The fourth-order valence-electron chi connectivity index (χ4n) is 2.89. The van der Waals surface area contributed by atoms with Gasteiger partial charge in [-0.15, -0.1) is 0 Å². The number of carbonyl (C=O) groups is 1. The second-order valence-corrected chi connectivity index (χ2v) is 5.79. The van der Waals surface area contributed by atoms with Gasteiger partial charge >= 0.3 is 6.03 Å². The Morgan fingerprint density at radius 3 is 3.18 bits per heavy atom. The molecular formula is C15H21N5O2. The zero-order valence-corrected chi connectivity index (χ0v) is 12.6. The number of nitrogens with zero attached hydrogens (tertiary/aromatic N) is 4. The molecule has 2 aromatic heterocycles. The lowest BCUT2D eigenvalue weighted by Gasteiger charge is -2.34. The van der Waals surface area contributed by atoms with Gasteiger partial charge in [0, 0.05) is 31.3 Å². The summed E-state index contributed by atoms with van der Waals surface area (Å²) in [6.45, 7) is 3.53. The Morgan fingerprint density at radius 1 is 1.50 bits per heavy atom. The maximum Gasteiger partial charge on any atom is 0.317 e. The number of likely N-dealkylation sites (tertiary alicyclic amines) is 1. The van der Waals surface area contributed by atoms with Crippen molar-refractivity contribution in [2.45, 2.75) is 32.4 Å². The molecule has 2 unspecified atom stereocenters. The van der Waals surface area contributed by atoms with E-state index in [1.54, 1.807) is 28.7 Å². The highest BCUT2D eigenvalue weighted by Crippen LogP contribution is 2.19. The van der Waals surface area contributed by atoms with E-state index in [-0.39, 0.29) is 18.1 Å². The van der Waals surface area contributed by atoms with Crippen molar-refractivity contribution in [2.75, 3.05) is 13.1 Å². The van der Waals surface area contributed by atoms with Gasteiger partial charge in [0.1, 0.15) is 0 Å². The van der Waals surface area contributed by atoms with Crippen molar-refractivity contribution in [1.29, 1.82) is 0 Å². The minimum atomic E-state index is -0.375. The highest BCUT2D eigenvalue weighted by molar-refractivity contribution is 5.74. The SMILES string of the molecule is CC(O)C1CCCN(C(=O)NCc2ccnc3ccnn23)C1. The highest BCUT2D eigenvalue weighted by Gasteiger charge is 2.26. The van der Waals surface area contributed by atoms with Crippen molar-refractivity contribution >= 4 is 11.7 Å². The van der Waals surface area contributed by atoms with E-state index in [0.717, 1.165) is 30.7 Å². The largest absolute Gasteiger partial charge is 0.393 e. The van der Waals surface area contributed by atoms with E-state index in [1.165, 1.54) is 0 Å². The Kier molecular flexibility index (Phi) is 4.24. The number of amides is 2. The van der Waals surface area contributed by atoms with E-state index >= 15 is 0 Å². The third kappa shape index (κ3) is 3.04. The molecule has 3 heterocycles. The number of hydrogen-bond acceptors (Lipinski definition) is 4. The monoisotopic (exact) mass is 303 g/mol. The number of hydrogen-bond donors (Lipinski definition) is 2. The van der Waals surface area contributed by atoms with Gasteiger partial charge in [-0.1, -0.05) is 0 Å². The molecule has 1 saturated heterocycles. The van der Waals surface area contributed by atoms with Crippen LogP contribution in [0.2, 0.25) is 0 Å². The van der Waals surface area contributed by atoms with Crippen LogP contribution in [0.5, 0.6) is 0 Å². The average Bonchev–Trinajstić information content (AvgIpc) is 3.01. The Morgan fingerprint density at radius 2 is 2.36 bits per heavy atom. The second kappa shape index (κ2) is 6.31. The van der Waals surface area contributed by atoms with E-state index in [1.807, 2.05) is 12.1 Å². The predicted molar refractivity (Wildman–Crippen MR) is 81.2 cm³/mol. The van der Waals surface area contributed by atoms with Crippen LogP contribution in [0.4, 0.5) is 4.79 Å². The zero-order valence-electron chi connectivity index (χ0n) is 12.6. The van der Waals surface area contributed by atoms with Crippen LogP contribution in [-0.4, -0.2) is 49.8 Å². The van der Waals surface area contributed by atoms with Crippen LogP contribution in [0.3, 0.4) is 0 Å². The number of nitrogens with one attached hydrogen (secondary N) is 1. The number of urea groups is 1. The molecule has 0 spiro atoms. The summed E-state index contributed by atoms with van der Waals surface area (Å²) < 4.78 is 1.72. The topological polar surface area (TPSA) is 82.8 Å². The second-order valence-electron chi connectivity index (χ2n) is 5.79. The van der Waals surface area contributed by atoms with Gasteiger partial charge < -0.3 is 15.3 Å². The number of aliphatic hydroxyl groups excluding tert-OH is 1. The van der Waals surface area contributed by atoms with Gasteiger partial charge in [-0.2, -0.15) is 5.10 Å². The Bertz CT molecular complexity index is 654. The van der Waals surface area contributed by atoms with Gasteiger partial charge in [-0.25, -0.2) is 14.3 Å². The van der Waals surface area contributed by atoms with Gasteiger partial charge in [0.2, 0.25) is 0 Å². The minimum absolute atomic E-state index is 0.0949. The van der Waals surface area contributed by atoms with Crippen molar-refractivity contribution in [1.82, 2.24) is 24.8 Å². The molecule has 118 valence electrons. The van der Waals surface area contributed by atoms with Crippen molar-refractivity contribution < 1.29 is 9.90 Å². The van der Waals surface area contributed by atoms with Crippen LogP contribution in [0.25, 0.3) is 5.65 Å². The fraction of sp³-hybridized carbons (Fsp3) is 0.533. The smallest absolute Gasteiger partial charge is 0.317 e. The first-order valence-electron chi connectivity index (χ1n) is 7.63. The Labute approximate surface area is 129 Å². The van der Waals surface area contributed by atoms with Crippen molar-refractivity contribution in [2.24, 2.45) is 5.92 Å². The third-order valence-corrected chi connectivity index (χ3v) is 4.22. The standard InChI is InChI=1S/C15H21N5O2/c1-11(21)12-3-2-8-19(10-12)15(22)17-9-13-4-6-16-14-5-7-18-20(13)14/h4-7,11-12,21H,2-3,8-10H2,1H3,(H,17,22). The van der Waals surface area contributed by atoms with Crippen LogP contribution < -0.4 is 5.32 Å². The molecule has 7 heteroatoms. The number of rotatable bonds is 3. The summed E-state index contributed by atoms with van der Waals surface area (Å²) in [4.78, 5) is 18.3. The zero-order chi connectivity index (χ0) is 15.5. The molecule has 0 saturated carbocycles. The molecular weight excluding hydrogens is 282 g/mol. The molecule has 1 aliphatic heterocycles. The highest BCUT2D eigenvalue weighted by atomic mass is 16.3. The van der Waals surface area contributed by atoms with Crippen molar-refractivity contribution in [3.63, 3.8) is 0 Å². The van der Waals surface area contributed by atoms with Gasteiger partial charge in [0.15, 0.2) is 5.65 Å². The van der Waals surface area contributed by atoms with Crippen molar-refractivity contribution in [3.8, 4) is 0 Å². The quantitative estimate of drug-likeness (QED) is 0.887. The van der Waals surface area contributed by atoms with E-state index in [9.17, 15) is 9.90 Å². The maximum atomic E-state index is 12.3. The van der Waals surface area contributed by atoms with Gasteiger partial charge in [-0.3, -0.25) is 0 Å². The molecule has 1 aliphatic rings. The molecule has 0 aliphatic carbocycles. The lowest BCUT2D eigenvalue weighted by molar-refractivity contribution is 0.0738. The molecule has 3 rings (SSSR count). The molecule has 0 radical (unpaired) electrons. The summed E-state index contributed by atoms with van der Waals surface area (Å²) in [5.74, 6) is 0.165.